The van der Waals surface area contributed by atoms with Crippen molar-refractivity contribution >= 4 is 21.6 Å². The summed E-state index contributed by atoms with van der Waals surface area (Å²) in [5, 5.41) is 2.73. The number of nitrogens with one attached hydrogen (secondary N) is 1. The van der Waals surface area contributed by atoms with E-state index in [4.69, 9.17) is 0 Å². The molecular weight excluding hydrogens is 354 g/mol. The topological polar surface area (TPSA) is 21.3 Å². The second-order valence-electron chi connectivity index (χ2n) is 4.13. The van der Waals surface area contributed by atoms with E-state index in [0.29, 0.717) is 10.0 Å². The highest BCUT2D eigenvalue weighted by atomic mass is 79.9. The van der Waals surface area contributed by atoms with E-state index in [1.807, 2.05) is 0 Å². The van der Waals surface area contributed by atoms with Gasteiger partial charge in [0.05, 0.1) is 5.69 Å². The molecule has 0 radical (unpaired) electrons. The average molecular weight is 364 g/mol. The Morgan fingerprint density at radius 3 is 2.48 bits per heavy atom. The highest BCUT2D eigenvalue weighted by Crippen LogP contribution is 2.30. The fourth-order valence-electron chi connectivity index (χ4n) is 1.68. The Hall–Kier alpha value is -1.76. The molecule has 0 saturated heterocycles. The van der Waals surface area contributed by atoms with E-state index in [1.165, 1.54) is 24.3 Å². The molecule has 0 bridgehead atoms. The number of rotatable bonds is 4. The quantitative estimate of drug-likeness (QED) is 0.763. The molecule has 0 spiro atoms. The monoisotopic (exact) mass is 363 g/mol. The van der Waals surface area contributed by atoms with E-state index >= 15 is 0 Å². The fraction of sp³-hybridized carbons (Fsp3) is 0.143. The molecule has 0 unspecified atom stereocenters. The molecule has 7 heteroatoms. The van der Waals surface area contributed by atoms with Gasteiger partial charge in [0.2, 0.25) is 0 Å². The van der Waals surface area contributed by atoms with Crippen molar-refractivity contribution in [2.75, 3.05) is 5.32 Å². The molecule has 2 aromatic carbocycles. The van der Waals surface area contributed by atoms with Crippen LogP contribution in [0.15, 0.2) is 46.9 Å². The molecule has 0 fully saturated rings. The fourth-order valence-corrected chi connectivity index (χ4v) is 2.02. The Bertz CT molecular complexity index is 631. The number of anilines is 1. The van der Waals surface area contributed by atoms with Gasteiger partial charge in [-0.3, -0.25) is 0 Å². The SMILES string of the molecule is Fc1cc(Br)ccc1CNc1ccccc1OC(F)(F)F. The van der Waals surface area contributed by atoms with Gasteiger partial charge < -0.3 is 10.1 Å². The molecule has 0 saturated carbocycles. The Balaban J connectivity index is 2.13. The molecule has 0 aromatic heterocycles. The molecule has 0 amide bonds. The third kappa shape index (κ3) is 4.63. The predicted octanol–water partition coefficient (Wildman–Crippen LogP) is 5.10. The molecule has 0 heterocycles. The summed E-state index contributed by atoms with van der Waals surface area (Å²) in [6, 6.07) is 10.1. The summed E-state index contributed by atoms with van der Waals surface area (Å²) >= 11 is 3.13. The van der Waals surface area contributed by atoms with Crippen LogP contribution in [0.2, 0.25) is 0 Å². The second-order valence-corrected chi connectivity index (χ2v) is 5.05. The maximum absolute atomic E-state index is 13.6. The van der Waals surface area contributed by atoms with Crippen LogP contribution in [0.1, 0.15) is 5.56 Å². The van der Waals surface area contributed by atoms with Gasteiger partial charge in [-0.25, -0.2) is 4.39 Å². The zero-order valence-electron chi connectivity index (χ0n) is 10.5. The number of alkyl halides is 3. The van der Waals surface area contributed by atoms with Crippen molar-refractivity contribution in [3.63, 3.8) is 0 Å². The molecular formula is C14H10BrF4NO. The first-order chi connectivity index (χ1) is 9.85. The van der Waals surface area contributed by atoms with E-state index < -0.39 is 12.2 Å². The van der Waals surface area contributed by atoms with Crippen molar-refractivity contribution in [1.82, 2.24) is 0 Å². The molecule has 0 atom stereocenters. The van der Waals surface area contributed by atoms with Crippen LogP contribution in [-0.2, 0) is 6.54 Å². The van der Waals surface area contributed by atoms with Crippen LogP contribution in [0.3, 0.4) is 0 Å². The Morgan fingerprint density at radius 1 is 1.10 bits per heavy atom. The molecule has 2 nitrogen and oxygen atoms in total. The van der Waals surface area contributed by atoms with Gasteiger partial charge in [-0.15, -0.1) is 13.2 Å². The first-order valence-corrected chi connectivity index (χ1v) is 6.67. The molecule has 0 aliphatic rings. The first-order valence-electron chi connectivity index (χ1n) is 5.88. The van der Waals surface area contributed by atoms with Gasteiger partial charge in [0.25, 0.3) is 0 Å². The molecule has 0 aliphatic heterocycles. The van der Waals surface area contributed by atoms with E-state index in [0.717, 1.165) is 0 Å². The lowest BCUT2D eigenvalue weighted by atomic mass is 10.2. The number of hydrogen-bond donors (Lipinski definition) is 1. The highest BCUT2D eigenvalue weighted by Gasteiger charge is 2.32. The zero-order chi connectivity index (χ0) is 15.5. The minimum absolute atomic E-state index is 0.0390. The summed E-state index contributed by atoms with van der Waals surface area (Å²) in [5.74, 6) is -0.811. The second kappa shape index (κ2) is 6.34. The molecule has 1 N–H and O–H groups in total. The number of ether oxygens (including phenoxy) is 1. The Labute approximate surface area is 126 Å². The summed E-state index contributed by atoms with van der Waals surface area (Å²) in [6.45, 7) is 0.0390. The van der Waals surface area contributed by atoms with Crippen molar-refractivity contribution in [2.24, 2.45) is 0 Å². The molecule has 2 rings (SSSR count). The summed E-state index contributed by atoms with van der Waals surface area (Å²) in [4.78, 5) is 0. The third-order valence-electron chi connectivity index (χ3n) is 2.60. The van der Waals surface area contributed by atoms with Crippen LogP contribution >= 0.6 is 15.9 Å². The van der Waals surface area contributed by atoms with Gasteiger partial charge in [-0.05, 0) is 24.3 Å². The number of hydrogen-bond acceptors (Lipinski definition) is 2. The lowest BCUT2D eigenvalue weighted by molar-refractivity contribution is -0.274. The molecule has 112 valence electrons. The minimum atomic E-state index is -4.78. The van der Waals surface area contributed by atoms with Gasteiger partial charge in [-0.2, -0.15) is 0 Å². The standard InChI is InChI=1S/C14H10BrF4NO/c15-10-6-5-9(11(16)7-10)8-20-12-3-1-2-4-13(12)21-14(17,18)19/h1-7,20H,8H2. The van der Waals surface area contributed by atoms with Crippen molar-refractivity contribution in [1.29, 1.82) is 0 Å². The predicted molar refractivity (Wildman–Crippen MR) is 74.6 cm³/mol. The normalized spacial score (nSPS) is 11.3. The molecule has 0 aliphatic carbocycles. The van der Waals surface area contributed by atoms with Crippen molar-refractivity contribution in [3.8, 4) is 5.75 Å². The summed E-state index contributed by atoms with van der Waals surface area (Å²) in [7, 11) is 0. The molecule has 2 aromatic rings. The van der Waals surface area contributed by atoms with Crippen LogP contribution in [0, 0.1) is 5.82 Å². The third-order valence-corrected chi connectivity index (χ3v) is 3.09. The zero-order valence-corrected chi connectivity index (χ0v) is 12.1. The van der Waals surface area contributed by atoms with Crippen molar-refractivity contribution < 1.29 is 22.3 Å². The van der Waals surface area contributed by atoms with Crippen LogP contribution in [0.25, 0.3) is 0 Å². The van der Waals surface area contributed by atoms with Crippen LogP contribution < -0.4 is 10.1 Å². The lowest BCUT2D eigenvalue weighted by Crippen LogP contribution is -2.18. The molecule has 21 heavy (non-hydrogen) atoms. The van der Waals surface area contributed by atoms with Gasteiger partial charge in [0.1, 0.15) is 5.82 Å². The first kappa shape index (κ1) is 15.6. The number of benzene rings is 2. The van der Waals surface area contributed by atoms with Gasteiger partial charge in [0, 0.05) is 16.6 Å². The van der Waals surface area contributed by atoms with Crippen molar-refractivity contribution in [3.05, 3.63) is 58.3 Å². The maximum atomic E-state index is 13.6. The number of para-hydroxylation sites is 2. The average Bonchev–Trinajstić information content (AvgIpc) is 2.37. The Morgan fingerprint density at radius 2 is 1.81 bits per heavy atom. The Kier molecular flexibility index (Phi) is 4.72. The van der Waals surface area contributed by atoms with Gasteiger partial charge >= 0.3 is 6.36 Å². The maximum Gasteiger partial charge on any atom is 0.573 e. The van der Waals surface area contributed by atoms with E-state index in [2.05, 4.69) is 26.0 Å². The van der Waals surface area contributed by atoms with Gasteiger partial charge in [-0.1, -0.05) is 34.1 Å². The minimum Gasteiger partial charge on any atom is -0.404 e. The van der Waals surface area contributed by atoms with E-state index in [-0.39, 0.29) is 18.0 Å². The number of halogens is 5. The largest absolute Gasteiger partial charge is 0.573 e. The van der Waals surface area contributed by atoms with Crippen molar-refractivity contribution in [2.45, 2.75) is 12.9 Å². The summed E-state index contributed by atoms with van der Waals surface area (Å²) < 4.78 is 55.0. The highest BCUT2D eigenvalue weighted by molar-refractivity contribution is 9.10. The van der Waals surface area contributed by atoms with E-state index in [9.17, 15) is 17.6 Å². The van der Waals surface area contributed by atoms with E-state index in [1.54, 1.807) is 18.2 Å². The summed E-state index contributed by atoms with van der Waals surface area (Å²) in [6.07, 6.45) is -4.78. The van der Waals surface area contributed by atoms with Crippen LogP contribution in [-0.4, -0.2) is 6.36 Å². The smallest absolute Gasteiger partial charge is 0.404 e. The summed E-state index contributed by atoms with van der Waals surface area (Å²) in [5.41, 5.74) is 0.470. The van der Waals surface area contributed by atoms with Crippen LogP contribution in [0.4, 0.5) is 23.2 Å². The lowest BCUT2D eigenvalue weighted by Gasteiger charge is -2.14. The van der Waals surface area contributed by atoms with Gasteiger partial charge in [0.15, 0.2) is 5.75 Å². The van der Waals surface area contributed by atoms with Crippen LogP contribution in [0.5, 0.6) is 5.75 Å².